The van der Waals surface area contributed by atoms with Crippen LogP contribution in [0.2, 0.25) is 0 Å². The molecule has 2 atom stereocenters. The highest BCUT2D eigenvalue weighted by molar-refractivity contribution is 7.18. The van der Waals surface area contributed by atoms with Crippen molar-refractivity contribution in [2.24, 2.45) is 5.92 Å². The van der Waals surface area contributed by atoms with Crippen LogP contribution in [0.1, 0.15) is 48.5 Å². The standard InChI is InChI=1S/C19H20N4OS2/c1-11(2)17-22-23-19(26-17)21-16(24)12-7-3-4-8-13(12)18-20-14-9-5-6-10-15(14)25-18/h3-6,9-13H,7-8H2,1-2H3,(H,21,23,24)/t12-,13+/m0/s1. The van der Waals surface area contributed by atoms with Gasteiger partial charge in [0.15, 0.2) is 0 Å². The monoisotopic (exact) mass is 384 g/mol. The Hall–Kier alpha value is -2.12. The molecule has 0 radical (unpaired) electrons. The van der Waals surface area contributed by atoms with Gasteiger partial charge in [-0.1, -0.05) is 49.5 Å². The van der Waals surface area contributed by atoms with Crippen molar-refractivity contribution in [1.29, 1.82) is 0 Å². The highest BCUT2D eigenvalue weighted by atomic mass is 32.1. The van der Waals surface area contributed by atoms with Crippen molar-refractivity contribution >= 4 is 43.9 Å². The summed E-state index contributed by atoms with van der Waals surface area (Å²) in [6, 6.07) is 8.13. The summed E-state index contributed by atoms with van der Waals surface area (Å²) >= 11 is 3.14. The van der Waals surface area contributed by atoms with Crippen LogP contribution >= 0.6 is 22.7 Å². The fraction of sp³-hybridized carbons (Fsp3) is 0.368. The van der Waals surface area contributed by atoms with Crippen LogP contribution in [0.5, 0.6) is 0 Å². The highest BCUT2D eigenvalue weighted by Crippen LogP contribution is 2.39. The van der Waals surface area contributed by atoms with Gasteiger partial charge in [-0.05, 0) is 25.0 Å². The number of nitrogens with zero attached hydrogens (tertiary/aromatic N) is 3. The minimum Gasteiger partial charge on any atom is -0.300 e. The first-order valence-corrected chi connectivity index (χ1v) is 10.4. The Morgan fingerprint density at radius 2 is 1.96 bits per heavy atom. The number of rotatable bonds is 4. The average molecular weight is 385 g/mol. The summed E-state index contributed by atoms with van der Waals surface area (Å²) in [7, 11) is 0. The van der Waals surface area contributed by atoms with E-state index < -0.39 is 0 Å². The largest absolute Gasteiger partial charge is 0.300 e. The molecule has 7 heteroatoms. The molecule has 0 spiro atoms. The Morgan fingerprint density at radius 1 is 1.15 bits per heavy atom. The maximum atomic E-state index is 12.9. The molecule has 1 aliphatic carbocycles. The molecular formula is C19H20N4OS2. The third-order valence-electron chi connectivity index (χ3n) is 4.56. The summed E-state index contributed by atoms with van der Waals surface area (Å²) in [6.45, 7) is 4.14. The summed E-state index contributed by atoms with van der Waals surface area (Å²) < 4.78 is 1.17. The number of carbonyl (C=O) groups is 1. The molecule has 0 fully saturated rings. The van der Waals surface area contributed by atoms with Gasteiger partial charge in [-0.2, -0.15) is 0 Å². The average Bonchev–Trinajstić information content (AvgIpc) is 3.28. The first-order valence-electron chi connectivity index (χ1n) is 8.76. The van der Waals surface area contributed by atoms with Crippen molar-refractivity contribution in [2.45, 2.75) is 38.5 Å². The Bertz CT molecular complexity index is 926. The van der Waals surface area contributed by atoms with Gasteiger partial charge in [0.25, 0.3) is 0 Å². The number of fused-ring (bicyclic) bond motifs is 1. The summed E-state index contributed by atoms with van der Waals surface area (Å²) in [5.41, 5.74) is 1.01. The van der Waals surface area contributed by atoms with Crippen molar-refractivity contribution < 1.29 is 4.79 Å². The Labute approximate surface area is 160 Å². The molecule has 2 aromatic heterocycles. The van der Waals surface area contributed by atoms with E-state index >= 15 is 0 Å². The maximum absolute atomic E-state index is 12.9. The zero-order chi connectivity index (χ0) is 18.1. The second-order valence-corrected chi connectivity index (χ2v) is 8.84. The second-order valence-electron chi connectivity index (χ2n) is 6.77. The number of anilines is 1. The molecular weight excluding hydrogens is 364 g/mol. The van der Waals surface area contributed by atoms with Crippen molar-refractivity contribution in [3.05, 3.63) is 46.4 Å². The van der Waals surface area contributed by atoms with Crippen LogP contribution < -0.4 is 5.32 Å². The number of para-hydroxylation sites is 1. The topological polar surface area (TPSA) is 67.8 Å². The van der Waals surface area contributed by atoms with Crippen LogP contribution in [0.4, 0.5) is 5.13 Å². The van der Waals surface area contributed by atoms with E-state index in [1.807, 2.05) is 18.2 Å². The number of hydrogen-bond acceptors (Lipinski definition) is 6. The summed E-state index contributed by atoms with van der Waals surface area (Å²) in [5.74, 6) is 0.290. The third kappa shape index (κ3) is 3.41. The minimum atomic E-state index is -0.132. The number of allylic oxidation sites excluding steroid dienone is 2. The van der Waals surface area contributed by atoms with Crippen LogP contribution in [-0.2, 0) is 4.79 Å². The fourth-order valence-corrected chi connectivity index (χ4v) is 5.04. The van der Waals surface area contributed by atoms with Gasteiger partial charge in [0.1, 0.15) is 5.01 Å². The molecule has 5 nitrogen and oxygen atoms in total. The number of aromatic nitrogens is 3. The van der Waals surface area contributed by atoms with Gasteiger partial charge < -0.3 is 5.32 Å². The van der Waals surface area contributed by atoms with E-state index in [9.17, 15) is 4.79 Å². The van der Waals surface area contributed by atoms with Gasteiger partial charge in [-0.15, -0.1) is 21.5 Å². The number of carbonyl (C=O) groups excluding carboxylic acids is 1. The van der Waals surface area contributed by atoms with Crippen molar-refractivity contribution in [2.75, 3.05) is 5.32 Å². The van der Waals surface area contributed by atoms with Gasteiger partial charge >= 0.3 is 0 Å². The van der Waals surface area contributed by atoms with Crippen LogP contribution in [0.25, 0.3) is 10.2 Å². The molecule has 1 aliphatic rings. The molecule has 0 saturated carbocycles. The lowest BCUT2D eigenvalue weighted by Crippen LogP contribution is -2.29. The molecule has 2 heterocycles. The first kappa shape index (κ1) is 17.3. The number of amides is 1. The van der Waals surface area contributed by atoms with Gasteiger partial charge in [0, 0.05) is 11.8 Å². The molecule has 4 rings (SSSR count). The van der Waals surface area contributed by atoms with E-state index in [0.717, 1.165) is 28.4 Å². The molecule has 1 amide bonds. The summed E-state index contributed by atoms with van der Waals surface area (Å²) in [6.07, 6.45) is 5.81. The van der Waals surface area contributed by atoms with E-state index in [0.29, 0.717) is 11.0 Å². The lowest BCUT2D eigenvalue weighted by atomic mass is 9.83. The minimum absolute atomic E-state index is 0.00469. The van der Waals surface area contributed by atoms with Crippen LogP contribution in [0.15, 0.2) is 36.4 Å². The van der Waals surface area contributed by atoms with E-state index in [2.05, 4.69) is 47.6 Å². The molecule has 0 aliphatic heterocycles. The zero-order valence-electron chi connectivity index (χ0n) is 14.7. The Kier molecular flexibility index (Phi) is 4.82. The molecule has 1 N–H and O–H groups in total. The van der Waals surface area contributed by atoms with E-state index in [4.69, 9.17) is 4.98 Å². The third-order valence-corrected chi connectivity index (χ3v) is 6.87. The number of nitrogens with one attached hydrogen (secondary N) is 1. The quantitative estimate of drug-likeness (QED) is 0.646. The first-order chi connectivity index (χ1) is 12.6. The Balaban J connectivity index is 1.56. The molecule has 3 aromatic rings. The molecule has 26 heavy (non-hydrogen) atoms. The number of benzene rings is 1. The lowest BCUT2D eigenvalue weighted by Gasteiger charge is -2.25. The van der Waals surface area contributed by atoms with Gasteiger partial charge in [-0.3, -0.25) is 4.79 Å². The van der Waals surface area contributed by atoms with Gasteiger partial charge in [0.2, 0.25) is 11.0 Å². The highest BCUT2D eigenvalue weighted by Gasteiger charge is 2.32. The predicted octanol–water partition coefficient (Wildman–Crippen LogP) is 4.96. The second kappa shape index (κ2) is 7.25. The zero-order valence-corrected chi connectivity index (χ0v) is 16.3. The molecule has 0 bridgehead atoms. The summed E-state index contributed by atoms with van der Waals surface area (Å²) in [4.78, 5) is 17.7. The fourth-order valence-electron chi connectivity index (χ4n) is 3.14. The van der Waals surface area contributed by atoms with Crippen LogP contribution in [0.3, 0.4) is 0 Å². The van der Waals surface area contributed by atoms with Gasteiger partial charge in [-0.25, -0.2) is 4.98 Å². The van der Waals surface area contributed by atoms with E-state index in [1.54, 1.807) is 11.3 Å². The number of thiazole rings is 1. The lowest BCUT2D eigenvalue weighted by molar-refractivity contribution is -0.120. The van der Waals surface area contributed by atoms with Gasteiger partial charge in [0.05, 0.1) is 21.1 Å². The van der Waals surface area contributed by atoms with Crippen molar-refractivity contribution in [3.8, 4) is 0 Å². The smallest absolute Gasteiger partial charge is 0.230 e. The van der Waals surface area contributed by atoms with Crippen molar-refractivity contribution in [3.63, 3.8) is 0 Å². The summed E-state index contributed by atoms with van der Waals surface area (Å²) in [5, 5.41) is 13.8. The van der Waals surface area contributed by atoms with Crippen LogP contribution in [-0.4, -0.2) is 21.1 Å². The molecule has 0 saturated heterocycles. The SMILES string of the molecule is CC(C)c1nnc(NC(=O)[C@H]2CC=CC[C@H]2c2nc3ccccc3s2)s1. The van der Waals surface area contributed by atoms with Crippen LogP contribution in [0, 0.1) is 5.92 Å². The molecule has 134 valence electrons. The van der Waals surface area contributed by atoms with E-state index in [1.165, 1.54) is 16.0 Å². The maximum Gasteiger partial charge on any atom is 0.230 e. The van der Waals surface area contributed by atoms with E-state index in [-0.39, 0.29) is 17.7 Å². The number of hydrogen-bond donors (Lipinski definition) is 1. The normalized spacial score (nSPS) is 20.0. The van der Waals surface area contributed by atoms with Crippen molar-refractivity contribution in [1.82, 2.24) is 15.2 Å². The molecule has 0 unspecified atom stereocenters. The molecule has 1 aromatic carbocycles. The Morgan fingerprint density at radius 3 is 2.73 bits per heavy atom. The predicted molar refractivity (Wildman–Crippen MR) is 107 cm³/mol.